The number of anilines is 1. The molecule has 1 aliphatic heterocycles. The maximum atomic E-state index is 12.1. The van der Waals surface area contributed by atoms with Crippen LogP contribution in [0.4, 0.5) is 5.82 Å². The van der Waals surface area contributed by atoms with E-state index in [1.807, 2.05) is 0 Å². The minimum Gasteiger partial charge on any atom is -0.311 e. The molecule has 0 aliphatic carbocycles. The van der Waals surface area contributed by atoms with Crippen molar-refractivity contribution >= 4 is 5.82 Å². The van der Waals surface area contributed by atoms with Gasteiger partial charge in [0.05, 0.1) is 0 Å². The number of likely N-dealkylation sites (N-methyl/N-ethyl adjacent to an activating group) is 1. The normalized spacial score (nSPS) is 17.9. The zero-order valence-corrected chi connectivity index (χ0v) is 11.1. The van der Waals surface area contributed by atoms with Gasteiger partial charge in [0.2, 0.25) is 5.82 Å². The van der Waals surface area contributed by atoms with E-state index in [1.54, 1.807) is 17.0 Å². The molecule has 0 unspecified atom stereocenters. The Morgan fingerprint density at radius 3 is 2.72 bits per heavy atom. The van der Waals surface area contributed by atoms with Crippen LogP contribution in [0.1, 0.15) is 13.3 Å². The molecule has 0 amide bonds. The topological polar surface area (TPSA) is 53.4 Å². The number of hydrogen-bond acceptors (Lipinski definition) is 5. The molecule has 1 N–H and O–H groups in total. The standard InChI is InChI=1S/C12H21N5O/c1-3-5-16-6-4-13-11(12(16)18)14-17-9-7-15(2)8-10-17/h4,6H,3,5,7-10H2,1-2H3,(H,13,14). The van der Waals surface area contributed by atoms with E-state index in [0.29, 0.717) is 5.82 Å². The summed E-state index contributed by atoms with van der Waals surface area (Å²) in [6, 6.07) is 0. The summed E-state index contributed by atoms with van der Waals surface area (Å²) in [6.45, 7) is 6.60. The van der Waals surface area contributed by atoms with Gasteiger partial charge in [-0.15, -0.1) is 0 Å². The maximum Gasteiger partial charge on any atom is 0.294 e. The second-order valence-corrected chi connectivity index (χ2v) is 4.68. The number of nitrogens with one attached hydrogen (secondary N) is 1. The number of aryl methyl sites for hydroxylation is 1. The number of piperazine rings is 1. The van der Waals surface area contributed by atoms with E-state index >= 15 is 0 Å². The Morgan fingerprint density at radius 1 is 1.33 bits per heavy atom. The zero-order valence-electron chi connectivity index (χ0n) is 11.1. The fraction of sp³-hybridized carbons (Fsp3) is 0.667. The first kappa shape index (κ1) is 13.0. The molecule has 0 spiro atoms. The third kappa shape index (κ3) is 3.08. The molecule has 0 radical (unpaired) electrons. The largest absolute Gasteiger partial charge is 0.311 e. The lowest BCUT2D eigenvalue weighted by atomic mass is 10.4. The van der Waals surface area contributed by atoms with Gasteiger partial charge in [-0.3, -0.25) is 10.2 Å². The van der Waals surface area contributed by atoms with Gasteiger partial charge in [0.15, 0.2) is 0 Å². The molecule has 6 heteroatoms. The summed E-state index contributed by atoms with van der Waals surface area (Å²) in [7, 11) is 2.10. The molecular weight excluding hydrogens is 230 g/mol. The average molecular weight is 251 g/mol. The van der Waals surface area contributed by atoms with E-state index in [4.69, 9.17) is 0 Å². The molecule has 0 atom stereocenters. The number of rotatable bonds is 4. The van der Waals surface area contributed by atoms with Crippen LogP contribution in [-0.4, -0.2) is 52.7 Å². The summed E-state index contributed by atoms with van der Waals surface area (Å²) in [4.78, 5) is 18.5. The highest BCUT2D eigenvalue weighted by Crippen LogP contribution is 2.01. The number of aromatic nitrogens is 2. The van der Waals surface area contributed by atoms with Crippen molar-refractivity contribution in [2.24, 2.45) is 0 Å². The van der Waals surface area contributed by atoms with Crippen molar-refractivity contribution in [2.45, 2.75) is 19.9 Å². The first-order chi connectivity index (χ1) is 8.70. The molecule has 6 nitrogen and oxygen atoms in total. The third-order valence-corrected chi connectivity index (χ3v) is 3.15. The quantitative estimate of drug-likeness (QED) is 0.830. The van der Waals surface area contributed by atoms with Gasteiger partial charge in [-0.25, -0.2) is 9.99 Å². The van der Waals surface area contributed by atoms with Crippen LogP contribution in [-0.2, 0) is 6.54 Å². The second kappa shape index (κ2) is 5.97. The predicted molar refractivity (Wildman–Crippen MR) is 71.5 cm³/mol. The van der Waals surface area contributed by atoms with Gasteiger partial charge in [-0.2, -0.15) is 0 Å². The van der Waals surface area contributed by atoms with Crippen LogP contribution < -0.4 is 11.0 Å². The second-order valence-electron chi connectivity index (χ2n) is 4.68. The van der Waals surface area contributed by atoms with Crippen LogP contribution >= 0.6 is 0 Å². The molecule has 0 aromatic carbocycles. The number of hydrazine groups is 1. The van der Waals surface area contributed by atoms with Gasteiger partial charge in [0.25, 0.3) is 5.56 Å². The smallest absolute Gasteiger partial charge is 0.294 e. The zero-order chi connectivity index (χ0) is 13.0. The van der Waals surface area contributed by atoms with Crippen LogP contribution in [0.2, 0.25) is 0 Å². The van der Waals surface area contributed by atoms with Crippen molar-refractivity contribution in [3.8, 4) is 0 Å². The first-order valence-corrected chi connectivity index (χ1v) is 6.46. The Hall–Kier alpha value is -1.40. The molecule has 1 aromatic heterocycles. The first-order valence-electron chi connectivity index (χ1n) is 6.46. The number of nitrogens with zero attached hydrogens (tertiary/aromatic N) is 4. The van der Waals surface area contributed by atoms with E-state index in [-0.39, 0.29) is 5.56 Å². The molecule has 2 rings (SSSR count). The Kier molecular flexibility index (Phi) is 4.33. The van der Waals surface area contributed by atoms with Crippen molar-refractivity contribution in [3.63, 3.8) is 0 Å². The summed E-state index contributed by atoms with van der Waals surface area (Å²) >= 11 is 0. The Balaban J connectivity index is 2.05. The average Bonchev–Trinajstić information content (AvgIpc) is 2.37. The van der Waals surface area contributed by atoms with Crippen molar-refractivity contribution in [3.05, 3.63) is 22.7 Å². The van der Waals surface area contributed by atoms with Crippen LogP contribution in [0.15, 0.2) is 17.2 Å². The monoisotopic (exact) mass is 251 g/mol. The van der Waals surface area contributed by atoms with Gasteiger partial charge >= 0.3 is 0 Å². The van der Waals surface area contributed by atoms with Gasteiger partial charge in [0, 0.05) is 45.1 Å². The summed E-state index contributed by atoms with van der Waals surface area (Å²) in [6.07, 6.45) is 4.36. The lowest BCUT2D eigenvalue weighted by Crippen LogP contribution is -2.48. The Labute approximate surface area is 107 Å². The fourth-order valence-corrected chi connectivity index (χ4v) is 2.01. The minimum atomic E-state index is -0.0433. The van der Waals surface area contributed by atoms with Gasteiger partial charge < -0.3 is 9.47 Å². The molecule has 18 heavy (non-hydrogen) atoms. The summed E-state index contributed by atoms with van der Waals surface area (Å²) in [5, 5.41) is 2.06. The SMILES string of the molecule is CCCn1ccnc(NN2CCN(C)CC2)c1=O. The predicted octanol–water partition coefficient (Wildman–Crippen LogP) is 0.228. The highest BCUT2D eigenvalue weighted by molar-refractivity contribution is 5.29. The highest BCUT2D eigenvalue weighted by Gasteiger charge is 2.15. The van der Waals surface area contributed by atoms with Crippen molar-refractivity contribution < 1.29 is 0 Å². The number of hydrogen-bond donors (Lipinski definition) is 1. The summed E-state index contributed by atoms with van der Waals surface area (Å²) < 4.78 is 1.70. The fourth-order valence-electron chi connectivity index (χ4n) is 2.01. The van der Waals surface area contributed by atoms with Gasteiger partial charge in [-0.1, -0.05) is 6.92 Å². The molecule has 0 bridgehead atoms. The highest BCUT2D eigenvalue weighted by atomic mass is 16.1. The molecule has 1 aliphatic rings. The van der Waals surface area contributed by atoms with Crippen LogP contribution in [0.25, 0.3) is 0 Å². The van der Waals surface area contributed by atoms with E-state index in [1.165, 1.54) is 0 Å². The van der Waals surface area contributed by atoms with Crippen molar-refractivity contribution in [1.29, 1.82) is 0 Å². The Morgan fingerprint density at radius 2 is 2.06 bits per heavy atom. The minimum absolute atomic E-state index is 0.0433. The van der Waals surface area contributed by atoms with Crippen molar-refractivity contribution in [2.75, 3.05) is 38.7 Å². The van der Waals surface area contributed by atoms with E-state index in [0.717, 1.165) is 39.1 Å². The van der Waals surface area contributed by atoms with E-state index in [2.05, 4.69) is 34.3 Å². The molecule has 1 fully saturated rings. The summed E-state index contributed by atoms with van der Waals surface area (Å²) in [5.41, 5.74) is 3.09. The van der Waals surface area contributed by atoms with E-state index < -0.39 is 0 Å². The Bertz CT molecular complexity index is 436. The maximum absolute atomic E-state index is 12.1. The lowest BCUT2D eigenvalue weighted by molar-refractivity contribution is 0.178. The van der Waals surface area contributed by atoms with Gasteiger partial charge in [-0.05, 0) is 13.5 Å². The third-order valence-electron chi connectivity index (χ3n) is 3.15. The van der Waals surface area contributed by atoms with Crippen LogP contribution in [0, 0.1) is 0 Å². The van der Waals surface area contributed by atoms with E-state index in [9.17, 15) is 4.79 Å². The van der Waals surface area contributed by atoms with Crippen LogP contribution in [0.5, 0.6) is 0 Å². The molecular formula is C12H21N5O. The molecule has 1 saturated heterocycles. The summed E-state index contributed by atoms with van der Waals surface area (Å²) in [5.74, 6) is 0.426. The molecule has 1 aromatic rings. The van der Waals surface area contributed by atoms with Crippen molar-refractivity contribution in [1.82, 2.24) is 19.5 Å². The molecule has 100 valence electrons. The molecule has 2 heterocycles. The molecule has 0 saturated carbocycles. The van der Waals surface area contributed by atoms with Gasteiger partial charge in [0.1, 0.15) is 0 Å². The van der Waals surface area contributed by atoms with Crippen LogP contribution in [0.3, 0.4) is 0 Å². The lowest BCUT2D eigenvalue weighted by Gasteiger charge is -2.32.